The zero-order chi connectivity index (χ0) is 11.8. The first-order chi connectivity index (χ1) is 8.25. The molecule has 0 aliphatic carbocycles. The van der Waals surface area contributed by atoms with Crippen LogP contribution < -0.4 is 5.73 Å². The maximum absolute atomic E-state index is 13.7. The molecule has 84 valence electrons. The molecular formula is C11H8FN5. The number of rotatable bonds is 1. The SMILES string of the molecule is Nc1nc2nccc(-c3ccncc3F)c2[nH]1. The number of nitrogen functional groups attached to an aromatic ring is 1. The van der Waals surface area contributed by atoms with Gasteiger partial charge in [0.05, 0.1) is 11.7 Å². The number of H-pyrrole nitrogens is 1. The van der Waals surface area contributed by atoms with Gasteiger partial charge in [-0.1, -0.05) is 0 Å². The normalized spacial score (nSPS) is 10.9. The van der Waals surface area contributed by atoms with E-state index in [0.29, 0.717) is 22.3 Å². The van der Waals surface area contributed by atoms with Crippen LogP contribution in [0.5, 0.6) is 0 Å². The summed E-state index contributed by atoms with van der Waals surface area (Å²) in [6.45, 7) is 0. The van der Waals surface area contributed by atoms with E-state index < -0.39 is 5.82 Å². The molecule has 0 amide bonds. The third-order valence-electron chi connectivity index (χ3n) is 2.47. The summed E-state index contributed by atoms with van der Waals surface area (Å²) in [6.07, 6.45) is 4.27. The Labute approximate surface area is 95.5 Å². The minimum Gasteiger partial charge on any atom is -0.369 e. The quantitative estimate of drug-likeness (QED) is 0.666. The van der Waals surface area contributed by atoms with Gasteiger partial charge >= 0.3 is 0 Å². The Morgan fingerprint density at radius 1 is 1.18 bits per heavy atom. The average molecular weight is 229 g/mol. The number of anilines is 1. The van der Waals surface area contributed by atoms with Crippen molar-refractivity contribution in [3.05, 3.63) is 36.5 Å². The summed E-state index contributed by atoms with van der Waals surface area (Å²) >= 11 is 0. The van der Waals surface area contributed by atoms with Gasteiger partial charge < -0.3 is 10.7 Å². The van der Waals surface area contributed by atoms with Gasteiger partial charge in [0.15, 0.2) is 11.6 Å². The Kier molecular flexibility index (Phi) is 2.01. The Balaban J connectivity index is 2.34. The predicted octanol–water partition coefficient (Wildman–Crippen LogP) is 1.74. The Hall–Kier alpha value is -2.50. The third kappa shape index (κ3) is 1.50. The van der Waals surface area contributed by atoms with Crippen molar-refractivity contribution in [2.75, 3.05) is 5.73 Å². The fourth-order valence-corrected chi connectivity index (χ4v) is 1.75. The molecular weight excluding hydrogens is 221 g/mol. The third-order valence-corrected chi connectivity index (χ3v) is 2.47. The molecule has 17 heavy (non-hydrogen) atoms. The maximum atomic E-state index is 13.7. The van der Waals surface area contributed by atoms with Crippen LogP contribution in [0.1, 0.15) is 0 Å². The molecule has 3 aromatic heterocycles. The second-order valence-corrected chi connectivity index (χ2v) is 3.53. The Morgan fingerprint density at radius 3 is 2.82 bits per heavy atom. The molecule has 0 aliphatic heterocycles. The van der Waals surface area contributed by atoms with E-state index in [4.69, 9.17) is 5.73 Å². The summed E-state index contributed by atoms with van der Waals surface area (Å²) in [6, 6.07) is 3.31. The molecule has 0 saturated carbocycles. The molecule has 0 radical (unpaired) electrons. The topological polar surface area (TPSA) is 80.5 Å². The number of nitrogens with zero attached hydrogens (tertiary/aromatic N) is 3. The van der Waals surface area contributed by atoms with Crippen molar-refractivity contribution in [1.29, 1.82) is 0 Å². The fraction of sp³-hybridized carbons (Fsp3) is 0. The summed E-state index contributed by atoms with van der Waals surface area (Å²) < 4.78 is 13.7. The van der Waals surface area contributed by atoms with E-state index in [-0.39, 0.29) is 5.95 Å². The van der Waals surface area contributed by atoms with Crippen molar-refractivity contribution < 1.29 is 4.39 Å². The Bertz CT molecular complexity index is 691. The van der Waals surface area contributed by atoms with Crippen LogP contribution in [0.2, 0.25) is 0 Å². The monoisotopic (exact) mass is 229 g/mol. The number of imidazole rings is 1. The van der Waals surface area contributed by atoms with Gasteiger partial charge in [0, 0.05) is 23.5 Å². The summed E-state index contributed by atoms with van der Waals surface area (Å²) in [5.74, 6) is -0.136. The molecule has 0 aliphatic rings. The van der Waals surface area contributed by atoms with Crippen LogP contribution >= 0.6 is 0 Å². The molecule has 3 aromatic rings. The molecule has 3 heterocycles. The van der Waals surface area contributed by atoms with E-state index in [9.17, 15) is 4.39 Å². The lowest BCUT2D eigenvalue weighted by Crippen LogP contribution is -1.88. The molecule has 0 atom stereocenters. The molecule has 0 aromatic carbocycles. The van der Waals surface area contributed by atoms with Crippen LogP contribution in [0, 0.1) is 5.82 Å². The van der Waals surface area contributed by atoms with Crippen molar-refractivity contribution in [2.24, 2.45) is 0 Å². The highest BCUT2D eigenvalue weighted by atomic mass is 19.1. The van der Waals surface area contributed by atoms with E-state index in [2.05, 4.69) is 19.9 Å². The highest BCUT2D eigenvalue weighted by molar-refractivity contribution is 5.90. The molecule has 0 bridgehead atoms. The number of hydrogen-bond acceptors (Lipinski definition) is 4. The summed E-state index contributed by atoms with van der Waals surface area (Å²) in [4.78, 5) is 14.6. The van der Waals surface area contributed by atoms with E-state index in [0.717, 1.165) is 0 Å². The van der Waals surface area contributed by atoms with Gasteiger partial charge in [-0.3, -0.25) is 4.98 Å². The van der Waals surface area contributed by atoms with Crippen molar-refractivity contribution in [1.82, 2.24) is 19.9 Å². The van der Waals surface area contributed by atoms with E-state index in [1.807, 2.05) is 0 Å². The van der Waals surface area contributed by atoms with Crippen LogP contribution in [0.4, 0.5) is 10.3 Å². The summed E-state index contributed by atoms with van der Waals surface area (Å²) in [5, 5.41) is 0. The van der Waals surface area contributed by atoms with Crippen LogP contribution in [-0.2, 0) is 0 Å². The molecule has 0 fully saturated rings. The van der Waals surface area contributed by atoms with Gasteiger partial charge in [0.25, 0.3) is 0 Å². The lowest BCUT2D eigenvalue weighted by molar-refractivity contribution is 0.625. The number of fused-ring (bicyclic) bond motifs is 1. The minimum atomic E-state index is -0.395. The number of nitrogens with one attached hydrogen (secondary N) is 1. The highest BCUT2D eigenvalue weighted by Gasteiger charge is 2.11. The standard InChI is InChI=1S/C11H8FN5/c12-8-5-14-3-1-6(8)7-2-4-15-10-9(7)16-11(13)17-10/h1-5H,(H3,13,15,16,17). The van der Waals surface area contributed by atoms with Crippen molar-refractivity contribution in [3.63, 3.8) is 0 Å². The first kappa shape index (κ1) is 9.71. The number of halogens is 1. The second kappa shape index (κ2) is 3.51. The van der Waals surface area contributed by atoms with E-state index in [1.54, 1.807) is 18.3 Å². The van der Waals surface area contributed by atoms with Gasteiger partial charge in [-0.15, -0.1) is 0 Å². The summed E-state index contributed by atoms with van der Waals surface area (Å²) in [5.41, 5.74) is 7.76. The van der Waals surface area contributed by atoms with E-state index >= 15 is 0 Å². The van der Waals surface area contributed by atoms with Gasteiger partial charge in [-0.2, -0.15) is 4.98 Å². The van der Waals surface area contributed by atoms with Crippen LogP contribution in [0.25, 0.3) is 22.3 Å². The molecule has 3 rings (SSSR count). The Morgan fingerprint density at radius 2 is 2.00 bits per heavy atom. The highest BCUT2D eigenvalue weighted by Crippen LogP contribution is 2.27. The fourth-order valence-electron chi connectivity index (χ4n) is 1.75. The number of aromatic nitrogens is 4. The predicted molar refractivity (Wildman–Crippen MR) is 61.5 cm³/mol. The molecule has 0 spiro atoms. The zero-order valence-electron chi connectivity index (χ0n) is 8.68. The second-order valence-electron chi connectivity index (χ2n) is 3.53. The minimum absolute atomic E-state index is 0.259. The number of nitrogens with two attached hydrogens (primary N) is 1. The van der Waals surface area contributed by atoms with Crippen LogP contribution in [0.15, 0.2) is 30.7 Å². The zero-order valence-corrected chi connectivity index (χ0v) is 8.68. The lowest BCUT2D eigenvalue weighted by atomic mass is 10.1. The molecule has 6 heteroatoms. The van der Waals surface area contributed by atoms with Gasteiger partial charge in [-0.05, 0) is 12.1 Å². The van der Waals surface area contributed by atoms with Crippen LogP contribution in [-0.4, -0.2) is 19.9 Å². The lowest BCUT2D eigenvalue weighted by Gasteiger charge is -2.02. The first-order valence-electron chi connectivity index (χ1n) is 4.96. The molecule has 5 nitrogen and oxygen atoms in total. The van der Waals surface area contributed by atoms with Gasteiger partial charge in [-0.25, -0.2) is 9.37 Å². The smallest absolute Gasteiger partial charge is 0.200 e. The maximum Gasteiger partial charge on any atom is 0.200 e. The van der Waals surface area contributed by atoms with E-state index in [1.165, 1.54) is 12.4 Å². The average Bonchev–Trinajstić information content (AvgIpc) is 2.70. The summed E-state index contributed by atoms with van der Waals surface area (Å²) in [7, 11) is 0. The van der Waals surface area contributed by atoms with Gasteiger partial charge in [0.2, 0.25) is 0 Å². The van der Waals surface area contributed by atoms with Gasteiger partial charge in [0.1, 0.15) is 5.82 Å². The van der Waals surface area contributed by atoms with Crippen molar-refractivity contribution >= 4 is 17.1 Å². The number of hydrogen-bond donors (Lipinski definition) is 2. The van der Waals surface area contributed by atoms with Crippen molar-refractivity contribution in [3.8, 4) is 11.1 Å². The molecule has 3 N–H and O–H groups in total. The largest absolute Gasteiger partial charge is 0.369 e. The first-order valence-corrected chi connectivity index (χ1v) is 4.96. The number of pyridine rings is 2. The van der Waals surface area contributed by atoms with Crippen molar-refractivity contribution in [2.45, 2.75) is 0 Å². The molecule has 0 saturated heterocycles. The molecule has 0 unspecified atom stereocenters. The van der Waals surface area contributed by atoms with Crippen LogP contribution in [0.3, 0.4) is 0 Å². The number of aromatic amines is 1.